The van der Waals surface area contributed by atoms with Gasteiger partial charge in [0.2, 0.25) is 0 Å². The SMILES string of the molecule is COC(=O)/C(C#N)=C\c1sccc1C. The first kappa shape index (κ1) is 10.5. The molecule has 1 aromatic rings. The number of thiophene rings is 1. The van der Waals surface area contributed by atoms with Gasteiger partial charge in [0.1, 0.15) is 11.6 Å². The second kappa shape index (κ2) is 4.58. The summed E-state index contributed by atoms with van der Waals surface area (Å²) in [6.07, 6.45) is 1.55. The van der Waals surface area contributed by atoms with Crippen molar-refractivity contribution < 1.29 is 9.53 Å². The van der Waals surface area contributed by atoms with E-state index in [1.54, 1.807) is 6.08 Å². The first-order valence-corrected chi connectivity index (χ1v) is 4.81. The second-order valence-electron chi connectivity index (χ2n) is 2.63. The van der Waals surface area contributed by atoms with Gasteiger partial charge in [-0.1, -0.05) is 0 Å². The van der Waals surface area contributed by atoms with Gasteiger partial charge < -0.3 is 4.74 Å². The standard InChI is InChI=1S/C10H9NO2S/c1-7-3-4-14-9(7)5-8(6-11)10(12)13-2/h3-5H,1-2H3/b8-5-. The minimum atomic E-state index is -0.597. The van der Waals surface area contributed by atoms with Crippen molar-refractivity contribution >= 4 is 23.4 Å². The molecule has 0 spiro atoms. The predicted octanol–water partition coefficient (Wildman–Crippen LogP) is 2.14. The van der Waals surface area contributed by atoms with Crippen LogP contribution in [-0.4, -0.2) is 13.1 Å². The third kappa shape index (κ3) is 2.21. The largest absolute Gasteiger partial charge is 0.465 e. The number of esters is 1. The zero-order valence-electron chi connectivity index (χ0n) is 7.90. The maximum Gasteiger partial charge on any atom is 0.348 e. The summed E-state index contributed by atoms with van der Waals surface area (Å²) in [5, 5.41) is 10.6. The summed E-state index contributed by atoms with van der Waals surface area (Å²) < 4.78 is 4.47. The number of methoxy groups -OCH3 is 1. The van der Waals surface area contributed by atoms with Gasteiger partial charge in [-0.25, -0.2) is 4.79 Å². The highest BCUT2D eigenvalue weighted by atomic mass is 32.1. The maximum atomic E-state index is 11.1. The van der Waals surface area contributed by atoms with Crippen molar-refractivity contribution in [2.45, 2.75) is 6.92 Å². The normalized spacial score (nSPS) is 10.8. The molecule has 0 radical (unpaired) electrons. The highest BCUT2D eigenvalue weighted by Crippen LogP contribution is 2.19. The minimum Gasteiger partial charge on any atom is -0.465 e. The first-order valence-electron chi connectivity index (χ1n) is 3.93. The average molecular weight is 207 g/mol. The Morgan fingerprint density at radius 2 is 2.43 bits per heavy atom. The lowest BCUT2D eigenvalue weighted by Gasteiger charge is -1.95. The molecule has 0 aromatic carbocycles. The van der Waals surface area contributed by atoms with Crippen LogP contribution in [0.25, 0.3) is 6.08 Å². The lowest BCUT2D eigenvalue weighted by Crippen LogP contribution is -2.02. The van der Waals surface area contributed by atoms with E-state index in [9.17, 15) is 4.79 Å². The van der Waals surface area contributed by atoms with Crippen molar-refractivity contribution in [2.75, 3.05) is 7.11 Å². The fraction of sp³-hybridized carbons (Fsp3) is 0.200. The summed E-state index contributed by atoms with van der Waals surface area (Å²) >= 11 is 1.49. The molecular formula is C10H9NO2S. The number of carbonyl (C=O) groups is 1. The number of nitrogens with zero attached hydrogens (tertiary/aromatic N) is 1. The van der Waals surface area contributed by atoms with Crippen molar-refractivity contribution in [3.63, 3.8) is 0 Å². The number of hydrogen-bond donors (Lipinski definition) is 0. The molecule has 0 N–H and O–H groups in total. The predicted molar refractivity (Wildman–Crippen MR) is 54.7 cm³/mol. The van der Waals surface area contributed by atoms with E-state index in [1.165, 1.54) is 18.4 Å². The summed E-state index contributed by atoms with van der Waals surface area (Å²) in [6, 6.07) is 3.74. The van der Waals surface area contributed by atoms with Crippen LogP contribution in [0, 0.1) is 18.3 Å². The maximum absolute atomic E-state index is 11.1. The van der Waals surface area contributed by atoms with Gasteiger partial charge >= 0.3 is 5.97 Å². The van der Waals surface area contributed by atoms with E-state index < -0.39 is 5.97 Å². The molecule has 0 aliphatic carbocycles. The number of ether oxygens (including phenoxy) is 1. The minimum absolute atomic E-state index is 0.0260. The fourth-order valence-electron chi connectivity index (χ4n) is 0.910. The molecule has 72 valence electrons. The van der Waals surface area contributed by atoms with Crippen LogP contribution in [-0.2, 0) is 9.53 Å². The van der Waals surface area contributed by atoms with Crippen molar-refractivity contribution in [2.24, 2.45) is 0 Å². The van der Waals surface area contributed by atoms with Crippen LogP contribution in [0.3, 0.4) is 0 Å². The summed E-state index contributed by atoms with van der Waals surface area (Å²) in [5.41, 5.74) is 1.07. The van der Waals surface area contributed by atoms with Crippen molar-refractivity contribution in [3.8, 4) is 6.07 Å². The Morgan fingerprint density at radius 3 is 2.86 bits per heavy atom. The molecule has 0 fully saturated rings. The van der Waals surface area contributed by atoms with Crippen LogP contribution in [0.15, 0.2) is 17.0 Å². The molecule has 0 aliphatic heterocycles. The zero-order chi connectivity index (χ0) is 10.6. The molecular weight excluding hydrogens is 198 g/mol. The molecule has 3 nitrogen and oxygen atoms in total. The summed E-state index contributed by atoms with van der Waals surface area (Å²) in [4.78, 5) is 12.0. The van der Waals surface area contributed by atoms with Gasteiger partial charge in [0.15, 0.2) is 0 Å². The molecule has 4 heteroatoms. The molecule has 14 heavy (non-hydrogen) atoms. The van der Waals surface area contributed by atoms with Crippen molar-refractivity contribution in [3.05, 3.63) is 27.5 Å². The number of rotatable bonds is 2. The highest BCUT2D eigenvalue weighted by Gasteiger charge is 2.09. The Morgan fingerprint density at radius 1 is 1.71 bits per heavy atom. The number of aryl methyl sites for hydroxylation is 1. The molecule has 0 bridgehead atoms. The third-order valence-corrected chi connectivity index (χ3v) is 2.67. The lowest BCUT2D eigenvalue weighted by atomic mass is 10.2. The van der Waals surface area contributed by atoms with Crippen molar-refractivity contribution in [1.29, 1.82) is 5.26 Å². The van der Waals surface area contributed by atoms with Crippen LogP contribution in [0.5, 0.6) is 0 Å². The molecule has 0 aliphatic rings. The van der Waals surface area contributed by atoms with Crippen LogP contribution in [0.1, 0.15) is 10.4 Å². The summed E-state index contributed by atoms with van der Waals surface area (Å²) in [6.45, 7) is 1.93. The summed E-state index contributed by atoms with van der Waals surface area (Å²) in [5.74, 6) is -0.597. The van der Waals surface area contributed by atoms with Gasteiger partial charge in [-0.05, 0) is 30.0 Å². The van der Waals surface area contributed by atoms with E-state index >= 15 is 0 Å². The Balaban J connectivity index is 3.03. The Hall–Kier alpha value is -1.60. The van der Waals surface area contributed by atoms with Gasteiger partial charge in [-0.3, -0.25) is 0 Å². The van der Waals surface area contributed by atoms with Gasteiger partial charge in [0.25, 0.3) is 0 Å². The van der Waals surface area contributed by atoms with E-state index in [2.05, 4.69) is 4.74 Å². The third-order valence-electron chi connectivity index (χ3n) is 1.70. The topological polar surface area (TPSA) is 50.1 Å². The Kier molecular flexibility index (Phi) is 3.43. The van der Waals surface area contributed by atoms with E-state index in [1.807, 2.05) is 24.4 Å². The molecule has 0 unspecified atom stereocenters. The Labute approximate surface area is 86.2 Å². The number of carbonyl (C=O) groups excluding carboxylic acids is 1. The highest BCUT2D eigenvalue weighted by molar-refractivity contribution is 7.11. The van der Waals surface area contributed by atoms with E-state index in [4.69, 9.17) is 5.26 Å². The van der Waals surface area contributed by atoms with E-state index in [-0.39, 0.29) is 5.57 Å². The smallest absolute Gasteiger partial charge is 0.348 e. The van der Waals surface area contributed by atoms with Gasteiger partial charge in [0, 0.05) is 4.88 Å². The molecule has 0 saturated carbocycles. The number of hydrogen-bond acceptors (Lipinski definition) is 4. The van der Waals surface area contributed by atoms with Crippen LogP contribution < -0.4 is 0 Å². The van der Waals surface area contributed by atoms with Crippen LogP contribution in [0.4, 0.5) is 0 Å². The first-order chi connectivity index (χ1) is 6.69. The van der Waals surface area contributed by atoms with Gasteiger partial charge in [-0.15, -0.1) is 11.3 Å². The molecule has 1 heterocycles. The molecule has 0 saturated heterocycles. The van der Waals surface area contributed by atoms with Crippen LogP contribution >= 0.6 is 11.3 Å². The van der Waals surface area contributed by atoms with Gasteiger partial charge in [0.05, 0.1) is 7.11 Å². The molecule has 0 atom stereocenters. The van der Waals surface area contributed by atoms with Gasteiger partial charge in [-0.2, -0.15) is 5.26 Å². The second-order valence-corrected chi connectivity index (χ2v) is 3.58. The zero-order valence-corrected chi connectivity index (χ0v) is 8.72. The van der Waals surface area contributed by atoms with E-state index in [0.717, 1.165) is 10.4 Å². The average Bonchev–Trinajstić information content (AvgIpc) is 2.59. The molecule has 1 aromatic heterocycles. The lowest BCUT2D eigenvalue weighted by molar-refractivity contribution is -0.135. The van der Waals surface area contributed by atoms with E-state index in [0.29, 0.717) is 0 Å². The van der Waals surface area contributed by atoms with Crippen LogP contribution in [0.2, 0.25) is 0 Å². The monoisotopic (exact) mass is 207 g/mol. The molecule has 1 rings (SSSR count). The quantitative estimate of drug-likeness (QED) is 0.424. The fourth-order valence-corrected chi connectivity index (χ4v) is 1.77. The summed E-state index contributed by atoms with van der Waals surface area (Å²) in [7, 11) is 1.26. The number of nitriles is 1. The van der Waals surface area contributed by atoms with Crippen molar-refractivity contribution in [1.82, 2.24) is 0 Å². The molecule has 0 amide bonds. The Bertz CT molecular complexity index is 412.